The highest BCUT2D eigenvalue weighted by Gasteiger charge is 2.19. The predicted octanol–water partition coefficient (Wildman–Crippen LogP) is 5.09. The zero-order valence-electron chi connectivity index (χ0n) is 18.0. The number of nitrogens with one attached hydrogen (secondary N) is 1. The minimum absolute atomic E-state index is 0.115. The van der Waals surface area contributed by atoms with Crippen LogP contribution >= 0.6 is 0 Å². The number of benzene rings is 2. The van der Waals surface area contributed by atoms with Crippen molar-refractivity contribution in [2.24, 2.45) is 0 Å². The van der Waals surface area contributed by atoms with E-state index in [0.29, 0.717) is 47.0 Å². The van der Waals surface area contributed by atoms with Gasteiger partial charge in [-0.25, -0.2) is 9.67 Å². The highest BCUT2D eigenvalue weighted by atomic mass is 16.5. The molecule has 0 unspecified atom stereocenters. The molecule has 1 amide bonds. The van der Waals surface area contributed by atoms with E-state index in [0.717, 1.165) is 17.7 Å². The molecule has 0 aliphatic carbocycles. The molecule has 7 heteroatoms. The van der Waals surface area contributed by atoms with Crippen molar-refractivity contribution in [3.63, 3.8) is 0 Å². The molecule has 4 aromatic rings. The van der Waals surface area contributed by atoms with Crippen LogP contribution in [0, 0.1) is 0 Å². The summed E-state index contributed by atoms with van der Waals surface area (Å²) in [6, 6.07) is 17.2. The number of amides is 1. The molecule has 2 aromatic carbocycles. The van der Waals surface area contributed by atoms with Crippen LogP contribution in [0.1, 0.15) is 36.7 Å². The Labute approximate surface area is 186 Å². The first kappa shape index (κ1) is 20.1. The second kappa shape index (κ2) is 8.34. The van der Waals surface area contributed by atoms with Crippen molar-refractivity contribution in [2.45, 2.75) is 26.3 Å². The van der Waals surface area contributed by atoms with Gasteiger partial charge in [0.15, 0.2) is 17.1 Å². The molecule has 162 valence electrons. The van der Waals surface area contributed by atoms with E-state index in [-0.39, 0.29) is 11.9 Å². The summed E-state index contributed by atoms with van der Waals surface area (Å²) in [5.74, 6) is 1.10. The van der Waals surface area contributed by atoms with Gasteiger partial charge in [0.2, 0.25) is 0 Å². The smallest absolute Gasteiger partial charge is 0.256 e. The molecular weight excluding hydrogens is 404 g/mol. The molecule has 0 bridgehead atoms. The lowest BCUT2D eigenvalue weighted by Crippen LogP contribution is -2.13. The van der Waals surface area contributed by atoms with Gasteiger partial charge in [-0.05, 0) is 32.0 Å². The first-order valence-corrected chi connectivity index (χ1v) is 10.7. The number of anilines is 1. The van der Waals surface area contributed by atoms with Crippen molar-refractivity contribution in [1.29, 1.82) is 0 Å². The van der Waals surface area contributed by atoms with Crippen molar-refractivity contribution in [3.05, 3.63) is 66.4 Å². The molecule has 2 aromatic heterocycles. The van der Waals surface area contributed by atoms with Gasteiger partial charge in [-0.15, -0.1) is 0 Å². The fourth-order valence-corrected chi connectivity index (χ4v) is 3.78. The Balaban J connectivity index is 1.55. The second-order valence-electron chi connectivity index (χ2n) is 8.01. The summed E-state index contributed by atoms with van der Waals surface area (Å²) in [7, 11) is 0. The Hall–Kier alpha value is -3.87. The Morgan fingerprint density at radius 2 is 1.81 bits per heavy atom. The predicted molar refractivity (Wildman–Crippen MR) is 123 cm³/mol. The number of hydrogen-bond acceptors (Lipinski definition) is 5. The summed E-state index contributed by atoms with van der Waals surface area (Å²) in [5, 5.41) is 8.20. The topological polar surface area (TPSA) is 78.3 Å². The van der Waals surface area contributed by atoms with E-state index >= 15 is 0 Å². The highest BCUT2D eigenvalue weighted by molar-refractivity contribution is 6.12. The van der Waals surface area contributed by atoms with Crippen LogP contribution in [0.3, 0.4) is 0 Å². The molecule has 1 N–H and O–H groups in total. The Morgan fingerprint density at radius 3 is 2.59 bits per heavy atom. The lowest BCUT2D eigenvalue weighted by atomic mass is 10.1. The van der Waals surface area contributed by atoms with Gasteiger partial charge in [0.1, 0.15) is 0 Å². The Morgan fingerprint density at radius 1 is 1.03 bits per heavy atom. The maximum atomic E-state index is 13.4. The second-order valence-corrected chi connectivity index (χ2v) is 8.01. The summed E-state index contributed by atoms with van der Waals surface area (Å²) in [5.41, 5.74) is 3.51. The van der Waals surface area contributed by atoms with E-state index in [4.69, 9.17) is 14.5 Å². The summed E-state index contributed by atoms with van der Waals surface area (Å²) in [6.07, 6.45) is 2.54. The minimum Gasteiger partial charge on any atom is -0.490 e. The van der Waals surface area contributed by atoms with Crippen molar-refractivity contribution in [1.82, 2.24) is 14.8 Å². The minimum atomic E-state index is -0.229. The summed E-state index contributed by atoms with van der Waals surface area (Å²) in [6.45, 7) is 5.29. The Kier molecular flexibility index (Phi) is 5.23. The van der Waals surface area contributed by atoms with Gasteiger partial charge in [0, 0.05) is 29.8 Å². The SMILES string of the molecule is CC(C)n1ncc2c(C(=O)Nc3ccc4c(c3)OCCCO4)cc(-c3ccccc3)nc21. The van der Waals surface area contributed by atoms with Crippen LogP contribution in [0.2, 0.25) is 0 Å². The van der Waals surface area contributed by atoms with Gasteiger partial charge < -0.3 is 14.8 Å². The molecule has 3 heterocycles. The van der Waals surface area contributed by atoms with Gasteiger partial charge in [-0.1, -0.05) is 30.3 Å². The van der Waals surface area contributed by atoms with Crippen LogP contribution in [-0.4, -0.2) is 33.9 Å². The maximum Gasteiger partial charge on any atom is 0.256 e. The standard InChI is InChI=1S/C25H24N4O3/c1-16(2)29-24-20(15-26-29)19(14-21(28-24)17-7-4-3-5-8-17)25(30)27-18-9-10-22-23(13-18)32-12-6-11-31-22/h3-5,7-10,13-16H,6,11-12H2,1-2H3,(H,27,30). The van der Waals surface area contributed by atoms with Crippen molar-refractivity contribution < 1.29 is 14.3 Å². The van der Waals surface area contributed by atoms with E-state index < -0.39 is 0 Å². The number of fused-ring (bicyclic) bond motifs is 2. The number of pyridine rings is 1. The normalized spacial score (nSPS) is 13.2. The summed E-state index contributed by atoms with van der Waals surface area (Å²) >= 11 is 0. The molecule has 5 rings (SSSR count). The van der Waals surface area contributed by atoms with E-state index in [1.807, 2.05) is 67.1 Å². The molecule has 0 fully saturated rings. The number of rotatable bonds is 4. The number of hydrogen-bond donors (Lipinski definition) is 1. The van der Waals surface area contributed by atoms with Crippen molar-refractivity contribution >= 4 is 22.6 Å². The third-order valence-corrected chi connectivity index (χ3v) is 5.38. The first-order valence-electron chi connectivity index (χ1n) is 10.7. The van der Waals surface area contributed by atoms with Crippen LogP contribution in [-0.2, 0) is 0 Å². The summed E-state index contributed by atoms with van der Waals surface area (Å²) in [4.78, 5) is 18.2. The van der Waals surface area contributed by atoms with Gasteiger partial charge in [0.05, 0.1) is 36.1 Å². The molecular formula is C25H24N4O3. The van der Waals surface area contributed by atoms with E-state index in [1.165, 1.54) is 0 Å². The Bertz CT molecular complexity index is 1280. The van der Waals surface area contributed by atoms with Crippen molar-refractivity contribution in [2.75, 3.05) is 18.5 Å². The molecule has 0 saturated carbocycles. The monoisotopic (exact) mass is 428 g/mol. The maximum absolute atomic E-state index is 13.4. The molecule has 0 spiro atoms. The van der Waals surface area contributed by atoms with E-state index in [2.05, 4.69) is 10.4 Å². The van der Waals surface area contributed by atoms with E-state index in [9.17, 15) is 4.79 Å². The van der Waals surface area contributed by atoms with Crippen LogP contribution in [0.25, 0.3) is 22.3 Å². The quantitative estimate of drug-likeness (QED) is 0.490. The lowest BCUT2D eigenvalue weighted by molar-refractivity contribution is 0.102. The molecule has 0 saturated heterocycles. The average Bonchev–Trinajstić information content (AvgIpc) is 3.10. The summed E-state index contributed by atoms with van der Waals surface area (Å²) < 4.78 is 13.3. The number of ether oxygens (including phenoxy) is 2. The number of aromatic nitrogens is 3. The number of carbonyl (C=O) groups excluding carboxylic acids is 1. The van der Waals surface area contributed by atoms with Gasteiger partial charge in [0.25, 0.3) is 5.91 Å². The molecule has 1 aliphatic heterocycles. The molecule has 0 radical (unpaired) electrons. The highest BCUT2D eigenvalue weighted by Crippen LogP contribution is 2.33. The largest absolute Gasteiger partial charge is 0.490 e. The zero-order chi connectivity index (χ0) is 22.1. The van der Waals surface area contributed by atoms with E-state index in [1.54, 1.807) is 12.3 Å². The molecule has 7 nitrogen and oxygen atoms in total. The van der Waals surface area contributed by atoms with Crippen LogP contribution in [0.4, 0.5) is 5.69 Å². The zero-order valence-corrected chi connectivity index (χ0v) is 18.0. The van der Waals surface area contributed by atoms with Crippen LogP contribution in [0.5, 0.6) is 11.5 Å². The first-order chi connectivity index (χ1) is 15.6. The molecule has 1 aliphatic rings. The molecule has 0 atom stereocenters. The van der Waals surface area contributed by atoms with Gasteiger partial charge in [-0.3, -0.25) is 4.79 Å². The number of nitrogens with zero attached hydrogens (tertiary/aromatic N) is 3. The van der Waals surface area contributed by atoms with Crippen LogP contribution < -0.4 is 14.8 Å². The van der Waals surface area contributed by atoms with Gasteiger partial charge >= 0.3 is 0 Å². The third-order valence-electron chi connectivity index (χ3n) is 5.38. The lowest BCUT2D eigenvalue weighted by Gasteiger charge is -2.12. The third kappa shape index (κ3) is 3.77. The fourth-order valence-electron chi connectivity index (χ4n) is 3.78. The van der Waals surface area contributed by atoms with Crippen LogP contribution in [0.15, 0.2) is 60.8 Å². The fraction of sp³-hybridized carbons (Fsp3) is 0.240. The number of carbonyl (C=O) groups is 1. The van der Waals surface area contributed by atoms with Gasteiger partial charge in [-0.2, -0.15) is 5.10 Å². The average molecular weight is 428 g/mol. The van der Waals surface area contributed by atoms with Crippen molar-refractivity contribution in [3.8, 4) is 22.8 Å². The molecule has 32 heavy (non-hydrogen) atoms.